The average molecular weight is 533 g/mol. The Labute approximate surface area is 217 Å². The highest BCUT2D eigenvalue weighted by Crippen LogP contribution is 2.24. The SMILES string of the molecule is CO[C@@H](Cn1c(=O)n(N)c(=Nc2ccc(OC(C)C)c(C)c2)n(Cc2ccc(Cl)cc2)c1=O)C(=O)ON. The summed E-state index contributed by atoms with van der Waals surface area (Å²) >= 11 is 6.00. The van der Waals surface area contributed by atoms with Gasteiger partial charge in [-0.2, -0.15) is 10.6 Å². The van der Waals surface area contributed by atoms with Crippen molar-refractivity contribution in [3.05, 3.63) is 85.2 Å². The number of hydrogen-bond acceptors (Lipinski definition) is 9. The fraction of sp³-hybridized carbons (Fsp3) is 0.333. The van der Waals surface area contributed by atoms with Crippen LogP contribution in [0.25, 0.3) is 0 Å². The van der Waals surface area contributed by atoms with Crippen molar-refractivity contribution in [3.63, 3.8) is 0 Å². The summed E-state index contributed by atoms with van der Waals surface area (Å²) in [5.41, 5.74) is 0.128. The molecule has 0 aliphatic heterocycles. The van der Waals surface area contributed by atoms with Gasteiger partial charge in [0, 0.05) is 12.1 Å². The van der Waals surface area contributed by atoms with E-state index in [4.69, 9.17) is 32.8 Å². The third kappa shape index (κ3) is 6.47. The molecule has 3 rings (SSSR count). The minimum atomic E-state index is -1.32. The van der Waals surface area contributed by atoms with Crippen LogP contribution in [-0.4, -0.2) is 39.1 Å². The second-order valence-electron chi connectivity index (χ2n) is 8.45. The molecule has 1 aromatic heterocycles. The fourth-order valence-corrected chi connectivity index (χ4v) is 3.66. The Balaban J connectivity index is 2.23. The van der Waals surface area contributed by atoms with Crippen molar-refractivity contribution in [1.29, 1.82) is 0 Å². The lowest BCUT2D eigenvalue weighted by Gasteiger charge is -2.17. The minimum Gasteiger partial charge on any atom is -0.491 e. The Kier molecular flexibility index (Phi) is 8.92. The summed E-state index contributed by atoms with van der Waals surface area (Å²) in [6.07, 6.45) is -1.34. The lowest BCUT2D eigenvalue weighted by Crippen LogP contribution is -2.58. The van der Waals surface area contributed by atoms with Crippen LogP contribution < -0.4 is 33.5 Å². The van der Waals surface area contributed by atoms with E-state index in [2.05, 4.69) is 9.83 Å². The molecule has 0 radical (unpaired) electrons. The molecule has 37 heavy (non-hydrogen) atoms. The van der Waals surface area contributed by atoms with Gasteiger partial charge in [-0.25, -0.2) is 23.9 Å². The van der Waals surface area contributed by atoms with Gasteiger partial charge < -0.3 is 20.2 Å². The number of ether oxygens (including phenoxy) is 2. The number of methoxy groups -OCH3 is 1. The molecular weight excluding hydrogens is 504 g/mol. The van der Waals surface area contributed by atoms with E-state index in [9.17, 15) is 14.4 Å². The number of hydrogen-bond donors (Lipinski definition) is 2. The molecule has 1 heterocycles. The third-order valence-corrected chi connectivity index (χ3v) is 5.62. The molecule has 1 atom stereocenters. The van der Waals surface area contributed by atoms with Crippen molar-refractivity contribution < 1.29 is 19.1 Å². The number of nitrogens with zero attached hydrogens (tertiary/aromatic N) is 4. The number of rotatable bonds is 9. The van der Waals surface area contributed by atoms with Crippen molar-refractivity contribution in [1.82, 2.24) is 13.8 Å². The molecule has 0 aliphatic carbocycles. The topological polar surface area (TPSA) is 158 Å². The molecule has 0 aliphatic rings. The van der Waals surface area contributed by atoms with E-state index in [1.54, 1.807) is 42.5 Å². The van der Waals surface area contributed by atoms with Gasteiger partial charge in [-0.3, -0.25) is 4.57 Å². The molecule has 0 spiro atoms. The van der Waals surface area contributed by atoms with Crippen LogP contribution in [-0.2, 0) is 27.5 Å². The van der Waals surface area contributed by atoms with Crippen molar-refractivity contribution in [2.24, 2.45) is 10.9 Å². The fourth-order valence-electron chi connectivity index (χ4n) is 3.53. The molecule has 2 aromatic carbocycles. The highest BCUT2D eigenvalue weighted by atomic mass is 35.5. The highest BCUT2D eigenvalue weighted by molar-refractivity contribution is 6.30. The molecule has 0 bridgehead atoms. The molecule has 12 nitrogen and oxygen atoms in total. The van der Waals surface area contributed by atoms with Gasteiger partial charge >= 0.3 is 17.3 Å². The average Bonchev–Trinajstić information content (AvgIpc) is 2.87. The van der Waals surface area contributed by atoms with Crippen LogP contribution in [0.5, 0.6) is 5.75 Å². The Morgan fingerprint density at radius 2 is 1.76 bits per heavy atom. The number of nitrogens with two attached hydrogens (primary N) is 2. The lowest BCUT2D eigenvalue weighted by atomic mass is 10.2. The minimum absolute atomic E-state index is 0.00116. The van der Waals surface area contributed by atoms with Crippen molar-refractivity contribution in [2.75, 3.05) is 13.0 Å². The van der Waals surface area contributed by atoms with Gasteiger partial charge in [0.25, 0.3) is 0 Å². The molecule has 0 unspecified atom stereocenters. The molecule has 0 saturated heterocycles. The summed E-state index contributed by atoms with van der Waals surface area (Å²) in [4.78, 5) is 47.3. The first-order valence-electron chi connectivity index (χ1n) is 11.3. The maximum atomic E-state index is 13.5. The zero-order valence-corrected chi connectivity index (χ0v) is 21.6. The van der Waals surface area contributed by atoms with Crippen LogP contribution in [0.4, 0.5) is 5.69 Å². The normalized spacial score (nSPS) is 12.6. The largest absolute Gasteiger partial charge is 0.491 e. The van der Waals surface area contributed by atoms with E-state index in [1.165, 1.54) is 11.7 Å². The third-order valence-electron chi connectivity index (χ3n) is 5.37. The molecule has 198 valence electrons. The maximum absolute atomic E-state index is 13.5. The number of aryl methyl sites for hydroxylation is 1. The molecular formula is C24H29ClN6O6. The first-order chi connectivity index (χ1) is 17.5. The van der Waals surface area contributed by atoms with E-state index < -0.39 is 30.0 Å². The number of carbonyl (C=O) groups excluding carboxylic acids is 1. The zero-order valence-electron chi connectivity index (χ0n) is 20.9. The maximum Gasteiger partial charge on any atom is 0.355 e. The van der Waals surface area contributed by atoms with Crippen LogP contribution in [0.15, 0.2) is 57.0 Å². The van der Waals surface area contributed by atoms with Gasteiger partial charge in [0.05, 0.1) is 24.9 Å². The first kappa shape index (κ1) is 27.7. The van der Waals surface area contributed by atoms with Crippen molar-refractivity contribution >= 4 is 23.3 Å². The van der Waals surface area contributed by atoms with Gasteiger partial charge in [-0.15, -0.1) is 0 Å². The number of aromatic nitrogens is 3. The van der Waals surface area contributed by atoms with E-state index >= 15 is 0 Å². The Hall–Kier alpha value is -3.87. The molecule has 3 aromatic rings. The summed E-state index contributed by atoms with van der Waals surface area (Å²) < 4.78 is 13.5. The molecule has 0 saturated carbocycles. The quantitative estimate of drug-likeness (QED) is 0.305. The second kappa shape index (κ2) is 11.9. The molecule has 13 heteroatoms. The van der Waals surface area contributed by atoms with Crippen LogP contribution in [0, 0.1) is 6.92 Å². The highest BCUT2D eigenvalue weighted by Gasteiger charge is 2.24. The Morgan fingerprint density at radius 1 is 1.08 bits per heavy atom. The monoisotopic (exact) mass is 532 g/mol. The predicted octanol–water partition coefficient (Wildman–Crippen LogP) is 0.987. The van der Waals surface area contributed by atoms with Gasteiger partial charge in [0.15, 0.2) is 6.10 Å². The zero-order chi connectivity index (χ0) is 27.3. The van der Waals surface area contributed by atoms with Gasteiger partial charge in [-0.1, -0.05) is 23.7 Å². The summed E-state index contributed by atoms with van der Waals surface area (Å²) in [6, 6.07) is 12.0. The van der Waals surface area contributed by atoms with Gasteiger partial charge in [0.2, 0.25) is 5.62 Å². The van der Waals surface area contributed by atoms with Gasteiger partial charge in [0.1, 0.15) is 5.75 Å². The summed E-state index contributed by atoms with van der Waals surface area (Å²) in [6.45, 7) is 5.21. The number of halogens is 1. The van der Waals surface area contributed by atoms with E-state index in [0.717, 1.165) is 14.8 Å². The van der Waals surface area contributed by atoms with Crippen molar-refractivity contribution in [3.8, 4) is 5.75 Å². The number of nitrogen functional groups attached to an aromatic ring is 1. The van der Waals surface area contributed by atoms with Gasteiger partial charge in [-0.05, 0) is 62.2 Å². The Morgan fingerprint density at radius 3 is 2.32 bits per heavy atom. The molecule has 0 fully saturated rings. The van der Waals surface area contributed by atoms with E-state index in [0.29, 0.717) is 22.0 Å². The van der Waals surface area contributed by atoms with Crippen LogP contribution >= 0.6 is 11.6 Å². The predicted molar refractivity (Wildman–Crippen MR) is 137 cm³/mol. The summed E-state index contributed by atoms with van der Waals surface area (Å²) in [5.74, 6) is 10.8. The van der Waals surface area contributed by atoms with E-state index in [1.807, 2.05) is 20.8 Å². The number of carbonyl (C=O) groups is 1. The smallest absolute Gasteiger partial charge is 0.355 e. The lowest BCUT2D eigenvalue weighted by molar-refractivity contribution is -0.156. The van der Waals surface area contributed by atoms with Crippen molar-refractivity contribution in [2.45, 2.75) is 46.1 Å². The van der Waals surface area contributed by atoms with Crippen LogP contribution in [0.2, 0.25) is 5.02 Å². The first-order valence-corrected chi connectivity index (χ1v) is 11.6. The van der Waals surface area contributed by atoms with E-state index in [-0.39, 0.29) is 18.3 Å². The summed E-state index contributed by atoms with van der Waals surface area (Å²) in [7, 11) is 1.22. The summed E-state index contributed by atoms with van der Waals surface area (Å²) in [5, 5.41) is 0.516. The van der Waals surface area contributed by atoms with Crippen LogP contribution in [0.3, 0.4) is 0 Å². The molecule has 0 amide bonds. The molecule has 4 N–H and O–H groups in total. The number of benzene rings is 2. The second-order valence-corrected chi connectivity index (χ2v) is 8.88. The Bertz CT molecular complexity index is 1460. The van der Waals surface area contributed by atoms with Crippen LogP contribution in [0.1, 0.15) is 25.0 Å². The standard InChI is InChI=1S/C24H29ClN6O6/c1-14(2)36-19-10-9-18(11-15(19)3)28-22-29(12-16-5-7-17(25)8-6-16)23(33)30(24(34)31(22)26)13-20(35-4)21(32)37-27/h5-11,14,20H,12-13,26-27H2,1-4H3/t20-/m0/s1.